The van der Waals surface area contributed by atoms with Crippen molar-refractivity contribution in [1.82, 2.24) is 10.2 Å². The van der Waals surface area contributed by atoms with Gasteiger partial charge < -0.3 is 15.0 Å². The summed E-state index contributed by atoms with van der Waals surface area (Å²) < 4.78 is 5.26. The maximum atomic E-state index is 5.26. The molecular weight excluding hydrogens is 224 g/mol. The average molecular weight is 251 g/mol. The number of likely N-dealkylation sites (tertiary alicyclic amines) is 1. The first kappa shape index (κ1) is 16.2. The van der Waals surface area contributed by atoms with E-state index in [0.717, 1.165) is 13.2 Å². The number of halogens is 1. The van der Waals surface area contributed by atoms with Crippen molar-refractivity contribution in [1.29, 1.82) is 0 Å². The predicted octanol–water partition coefficient (Wildman–Crippen LogP) is 1.76. The number of hydrogen-bond acceptors (Lipinski definition) is 3. The van der Waals surface area contributed by atoms with Crippen LogP contribution in [0.1, 0.15) is 26.7 Å². The second-order valence-electron chi connectivity index (χ2n) is 5.46. The lowest BCUT2D eigenvalue weighted by Gasteiger charge is -2.37. The van der Waals surface area contributed by atoms with Gasteiger partial charge in [-0.3, -0.25) is 0 Å². The first-order chi connectivity index (χ1) is 7.07. The molecule has 4 heteroatoms. The number of methoxy groups -OCH3 is 1. The first-order valence-electron chi connectivity index (χ1n) is 5.96. The second kappa shape index (κ2) is 7.49. The highest BCUT2D eigenvalue weighted by Crippen LogP contribution is 2.20. The maximum Gasteiger partial charge on any atom is 0.0525 e. The number of nitrogens with one attached hydrogen (secondary N) is 1. The van der Waals surface area contributed by atoms with Gasteiger partial charge in [0.25, 0.3) is 0 Å². The van der Waals surface area contributed by atoms with Gasteiger partial charge in [0.1, 0.15) is 0 Å². The molecule has 0 radical (unpaired) electrons. The monoisotopic (exact) mass is 250 g/mol. The molecule has 0 saturated carbocycles. The Balaban J connectivity index is 0.00000225. The molecule has 16 heavy (non-hydrogen) atoms. The van der Waals surface area contributed by atoms with E-state index in [-0.39, 0.29) is 17.8 Å². The van der Waals surface area contributed by atoms with Crippen molar-refractivity contribution >= 4 is 12.4 Å². The summed E-state index contributed by atoms with van der Waals surface area (Å²) in [6.45, 7) is 8.96. The van der Waals surface area contributed by atoms with Gasteiger partial charge >= 0.3 is 0 Å². The van der Waals surface area contributed by atoms with E-state index in [1.54, 1.807) is 7.11 Å². The summed E-state index contributed by atoms with van der Waals surface area (Å²) in [6.07, 6.45) is 2.63. The molecule has 0 aromatic rings. The second-order valence-corrected chi connectivity index (χ2v) is 5.46. The Kier molecular flexibility index (Phi) is 7.57. The lowest BCUT2D eigenvalue weighted by Crippen LogP contribution is -2.48. The molecule has 1 aliphatic heterocycles. The van der Waals surface area contributed by atoms with Gasteiger partial charge in [-0.1, -0.05) is 13.8 Å². The van der Waals surface area contributed by atoms with Crippen LogP contribution in [0.25, 0.3) is 0 Å². The van der Waals surface area contributed by atoms with Crippen LogP contribution in [0.15, 0.2) is 0 Å². The van der Waals surface area contributed by atoms with Crippen LogP contribution >= 0.6 is 12.4 Å². The summed E-state index contributed by atoms with van der Waals surface area (Å²) in [4.78, 5) is 2.56. The number of likely N-dealkylation sites (N-methyl/N-ethyl adjacent to an activating group) is 1. The molecule has 1 aliphatic rings. The Morgan fingerprint density at radius 1 is 1.44 bits per heavy atom. The lowest BCUT2D eigenvalue weighted by molar-refractivity contribution is 0.0583. The van der Waals surface area contributed by atoms with E-state index in [1.165, 1.54) is 25.9 Å². The maximum absolute atomic E-state index is 5.26. The van der Waals surface area contributed by atoms with Gasteiger partial charge in [0.2, 0.25) is 0 Å². The Bertz CT molecular complexity index is 188. The third kappa shape index (κ3) is 5.48. The molecule has 0 spiro atoms. The number of piperidine rings is 1. The summed E-state index contributed by atoms with van der Waals surface area (Å²) in [7, 11) is 3.85. The van der Waals surface area contributed by atoms with Crippen molar-refractivity contribution in [2.45, 2.75) is 32.7 Å². The van der Waals surface area contributed by atoms with Gasteiger partial charge in [-0.25, -0.2) is 0 Å². The molecule has 1 N–H and O–H groups in total. The van der Waals surface area contributed by atoms with Crippen molar-refractivity contribution in [2.75, 3.05) is 40.4 Å². The molecule has 1 atom stereocenters. The zero-order chi connectivity index (χ0) is 11.3. The summed E-state index contributed by atoms with van der Waals surface area (Å²) >= 11 is 0. The van der Waals surface area contributed by atoms with E-state index in [0.29, 0.717) is 6.04 Å². The Morgan fingerprint density at radius 3 is 2.69 bits per heavy atom. The molecule has 1 heterocycles. The molecule has 0 aromatic heterocycles. The minimum absolute atomic E-state index is 0. The smallest absolute Gasteiger partial charge is 0.0525 e. The van der Waals surface area contributed by atoms with Crippen LogP contribution in [0, 0.1) is 5.41 Å². The van der Waals surface area contributed by atoms with Crippen molar-refractivity contribution in [2.24, 2.45) is 5.41 Å². The van der Waals surface area contributed by atoms with E-state index in [4.69, 9.17) is 4.74 Å². The molecule has 0 amide bonds. The molecule has 98 valence electrons. The van der Waals surface area contributed by atoms with Crippen molar-refractivity contribution in [3.63, 3.8) is 0 Å². The highest BCUT2D eigenvalue weighted by Gasteiger charge is 2.25. The van der Waals surface area contributed by atoms with E-state index >= 15 is 0 Å². The quantitative estimate of drug-likeness (QED) is 0.805. The minimum Gasteiger partial charge on any atom is -0.384 e. The van der Waals surface area contributed by atoms with Crippen LogP contribution < -0.4 is 5.32 Å². The van der Waals surface area contributed by atoms with Gasteiger partial charge in [0.05, 0.1) is 6.61 Å². The molecule has 3 nitrogen and oxygen atoms in total. The third-order valence-corrected chi connectivity index (χ3v) is 3.10. The topological polar surface area (TPSA) is 24.5 Å². The minimum atomic E-state index is 0. The fourth-order valence-corrected chi connectivity index (χ4v) is 2.48. The molecule has 0 bridgehead atoms. The number of hydrogen-bond donors (Lipinski definition) is 1. The Hall–Kier alpha value is 0.170. The number of nitrogens with zero attached hydrogens (tertiary/aromatic N) is 1. The van der Waals surface area contributed by atoms with E-state index in [1.807, 2.05) is 0 Å². The Labute approximate surface area is 106 Å². The fraction of sp³-hybridized carbons (Fsp3) is 1.00. The molecular formula is C12H27ClN2O. The number of ether oxygens (including phenoxy) is 1. The van der Waals surface area contributed by atoms with Gasteiger partial charge in [0, 0.05) is 31.7 Å². The molecule has 0 aliphatic carbocycles. The van der Waals surface area contributed by atoms with Crippen molar-refractivity contribution in [3.8, 4) is 0 Å². The van der Waals surface area contributed by atoms with E-state index in [2.05, 4.69) is 31.1 Å². The number of rotatable bonds is 5. The average Bonchev–Trinajstić information content (AvgIpc) is 2.17. The normalized spacial score (nSPS) is 22.9. The van der Waals surface area contributed by atoms with Gasteiger partial charge in [-0.05, 0) is 26.4 Å². The van der Waals surface area contributed by atoms with Gasteiger partial charge in [-0.15, -0.1) is 12.4 Å². The van der Waals surface area contributed by atoms with Gasteiger partial charge in [0.15, 0.2) is 0 Å². The van der Waals surface area contributed by atoms with Crippen LogP contribution in [0.3, 0.4) is 0 Å². The molecule has 1 saturated heterocycles. The SMILES string of the molecule is CNC1CCCN(CC(C)(C)COC)C1.Cl. The summed E-state index contributed by atoms with van der Waals surface area (Å²) in [6, 6.07) is 0.678. The lowest BCUT2D eigenvalue weighted by atomic mass is 9.92. The van der Waals surface area contributed by atoms with Crippen molar-refractivity contribution in [3.05, 3.63) is 0 Å². The summed E-state index contributed by atoms with van der Waals surface area (Å²) in [5.74, 6) is 0. The van der Waals surface area contributed by atoms with E-state index < -0.39 is 0 Å². The van der Waals surface area contributed by atoms with Crippen LogP contribution in [0.4, 0.5) is 0 Å². The first-order valence-corrected chi connectivity index (χ1v) is 5.96. The van der Waals surface area contributed by atoms with Crippen LogP contribution in [0.5, 0.6) is 0 Å². The fourth-order valence-electron chi connectivity index (χ4n) is 2.48. The Morgan fingerprint density at radius 2 is 2.12 bits per heavy atom. The summed E-state index contributed by atoms with van der Waals surface area (Å²) in [5, 5.41) is 3.38. The highest BCUT2D eigenvalue weighted by atomic mass is 35.5. The largest absolute Gasteiger partial charge is 0.384 e. The van der Waals surface area contributed by atoms with Gasteiger partial charge in [-0.2, -0.15) is 0 Å². The standard InChI is InChI=1S/C12H26N2O.ClH/c1-12(2,10-15-4)9-14-7-5-6-11(8-14)13-3;/h11,13H,5-10H2,1-4H3;1H. The molecule has 1 unspecified atom stereocenters. The molecule has 1 rings (SSSR count). The zero-order valence-electron chi connectivity index (χ0n) is 11.1. The molecule has 1 fully saturated rings. The molecule has 0 aromatic carbocycles. The third-order valence-electron chi connectivity index (χ3n) is 3.10. The van der Waals surface area contributed by atoms with E-state index in [9.17, 15) is 0 Å². The predicted molar refractivity (Wildman–Crippen MR) is 71.4 cm³/mol. The van der Waals surface area contributed by atoms with Crippen LogP contribution in [-0.2, 0) is 4.74 Å². The van der Waals surface area contributed by atoms with Crippen LogP contribution in [-0.4, -0.2) is 51.3 Å². The van der Waals surface area contributed by atoms with Crippen LogP contribution in [0.2, 0.25) is 0 Å². The summed E-state index contributed by atoms with van der Waals surface area (Å²) in [5.41, 5.74) is 0.268. The van der Waals surface area contributed by atoms with Crippen molar-refractivity contribution < 1.29 is 4.74 Å². The zero-order valence-corrected chi connectivity index (χ0v) is 11.9. The highest BCUT2D eigenvalue weighted by molar-refractivity contribution is 5.85.